The Morgan fingerprint density at radius 2 is 1.85 bits per heavy atom. The van der Waals surface area contributed by atoms with Crippen LogP contribution in [0, 0.1) is 5.92 Å². The van der Waals surface area contributed by atoms with Gasteiger partial charge in [0.05, 0.1) is 0 Å². The zero-order chi connectivity index (χ0) is 23.0. The van der Waals surface area contributed by atoms with Gasteiger partial charge in [0.2, 0.25) is 0 Å². The number of hydrogen-bond acceptors (Lipinski definition) is 5. The lowest BCUT2D eigenvalue weighted by Crippen LogP contribution is -2.32. The van der Waals surface area contributed by atoms with Crippen LogP contribution >= 0.6 is 0 Å². The highest BCUT2D eigenvalue weighted by Crippen LogP contribution is 2.23. The standard InChI is InChI=1S/C26H29N5O2/c1-27-25(32)24-17-23(29-18-30-24)15-20-8-5-12-31(13-10-20)26(33)21-9-11-28-22(16-21)14-19-6-3-2-4-7-19/h2-4,6-7,9,11,16-18,20H,5,8,10,12-15H2,1H3,(H,27,32)/t20-/m1/s1. The van der Waals surface area contributed by atoms with Crippen LogP contribution in [-0.2, 0) is 12.8 Å². The Morgan fingerprint density at radius 1 is 1.00 bits per heavy atom. The molecule has 0 radical (unpaired) electrons. The Hall–Kier alpha value is -3.61. The molecule has 1 N–H and O–H groups in total. The van der Waals surface area contributed by atoms with Gasteiger partial charge in [-0.2, -0.15) is 0 Å². The molecular formula is C26H29N5O2. The Kier molecular flexibility index (Phi) is 7.40. The van der Waals surface area contributed by atoms with E-state index in [1.807, 2.05) is 29.2 Å². The summed E-state index contributed by atoms with van der Waals surface area (Å²) in [6.07, 6.45) is 7.55. The largest absolute Gasteiger partial charge is 0.354 e. The average Bonchev–Trinajstić information content (AvgIpc) is 3.09. The minimum atomic E-state index is -0.208. The van der Waals surface area contributed by atoms with Crippen molar-refractivity contribution >= 4 is 11.8 Å². The lowest BCUT2D eigenvalue weighted by molar-refractivity contribution is 0.0759. The highest BCUT2D eigenvalue weighted by atomic mass is 16.2. The van der Waals surface area contributed by atoms with E-state index in [0.717, 1.165) is 43.6 Å². The van der Waals surface area contributed by atoms with Crippen molar-refractivity contribution in [3.8, 4) is 0 Å². The second-order valence-electron chi connectivity index (χ2n) is 8.47. The van der Waals surface area contributed by atoms with Crippen molar-refractivity contribution in [1.29, 1.82) is 0 Å². The van der Waals surface area contributed by atoms with Gasteiger partial charge in [-0.15, -0.1) is 0 Å². The van der Waals surface area contributed by atoms with Gasteiger partial charge in [-0.1, -0.05) is 30.3 Å². The number of nitrogens with one attached hydrogen (secondary N) is 1. The molecule has 4 rings (SSSR count). The molecule has 0 saturated carbocycles. The Morgan fingerprint density at radius 3 is 2.67 bits per heavy atom. The molecule has 3 aromatic rings. The van der Waals surface area contributed by atoms with Gasteiger partial charge in [-0.05, 0) is 55.4 Å². The molecule has 3 heterocycles. The van der Waals surface area contributed by atoms with Crippen molar-refractivity contribution in [1.82, 2.24) is 25.2 Å². The number of pyridine rings is 1. The van der Waals surface area contributed by atoms with E-state index in [9.17, 15) is 9.59 Å². The van der Waals surface area contributed by atoms with Crippen LogP contribution in [0.1, 0.15) is 57.1 Å². The molecule has 0 bridgehead atoms. The van der Waals surface area contributed by atoms with E-state index in [1.54, 1.807) is 25.4 Å². The lowest BCUT2D eigenvalue weighted by atomic mass is 9.95. The maximum atomic E-state index is 13.2. The second kappa shape index (κ2) is 10.8. The van der Waals surface area contributed by atoms with Gasteiger partial charge in [0.25, 0.3) is 11.8 Å². The van der Waals surface area contributed by atoms with Crippen LogP contribution in [0.2, 0.25) is 0 Å². The molecule has 7 heteroatoms. The molecule has 2 amide bonds. The fourth-order valence-corrected chi connectivity index (χ4v) is 4.33. The van der Waals surface area contributed by atoms with E-state index in [0.29, 0.717) is 30.1 Å². The van der Waals surface area contributed by atoms with Crippen LogP contribution in [0.4, 0.5) is 0 Å². The highest BCUT2D eigenvalue weighted by Gasteiger charge is 2.23. The average molecular weight is 444 g/mol. The minimum absolute atomic E-state index is 0.0660. The third-order valence-corrected chi connectivity index (χ3v) is 6.11. The molecule has 1 aromatic carbocycles. The summed E-state index contributed by atoms with van der Waals surface area (Å²) in [5.74, 6) is 0.276. The molecule has 0 spiro atoms. The van der Waals surface area contributed by atoms with Crippen molar-refractivity contribution in [2.45, 2.75) is 32.1 Å². The molecular weight excluding hydrogens is 414 g/mol. The number of rotatable bonds is 6. The van der Waals surface area contributed by atoms with Gasteiger partial charge in [-0.25, -0.2) is 9.97 Å². The number of carbonyl (C=O) groups excluding carboxylic acids is 2. The topological polar surface area (TPSA) is 88.1 Å². The molecule has 1 aliphatic heterocycles. The van der Waals surface area contributed by atoms with E-state index < -0.39 is 0 Å². The first-order chi connectivity index (χ1) is 16.1. The Bertz CT molecular complexity index is 1100. The van der Waals surface area contributed by atoms with Crippen LogP contribution in [0.25, 0.3) is 0 Å². The number of carbonyl (C=O) groups is 2. The van der Waals surface area contributed by atoms with Crippen molar-refractivity contribution < 1.29 is 9.59 Å². The smallest absolute Gasteiger partial charge is 0.269 e. The van der Waals surface area contributed by atoms with Crippen molar-refractivity contribution in [2.24, 2.45) is 5.92 Å². The molecule has 1 aliphatic rings. The van der Waals surface area contributed by atoms with E-state index >= 15 is 0 Å². The zero-order valence-corrected chi connectivity index (χ0v) is 18.9. The molecule has 1 atom stereocenters. The van der Waals surface area contributed by atoms with Crippen molar-refractivity contribution in [3.05, 3.63) is 89.3 Å². The maximum absolute atomic E-state index is 13.2. The number of amides is 2. The van der Waals surface area contributed by atoms with Crippen LogP contribution in [-0.4, -0.2) is 51.8 Å². The van der Waals surface area contributed by atoms with E-state index in [1.165, 1.54) is 11.9 Å². The Labute approximate surface area is 194 Å². The number of benzene rings is 1. The molecule has 170 valence electrons. The highest BCUT2D eigenvalue weighted by molar-refractivity contribution is 5.94. The number of aromatic nitrogens is 3. The second-order valence-corrected chi connectivity index (χ2v) is 8.47. The summed E-state index contributed by atoms with van der Waals surface area (Å²) in [5, 5.41) is 2.60. The molecule has 1 fully saturated rings. The monoisotopic (exact) mass is 443 g/mol. The van der Waals surface area contributed by atoms with Gasteiger partial charge in [0, 0.05) is 49.7 Å². The Balaban J connectivity index is 1.37. The maximum Gasteiger partial charge on any atom is 0.269 e. The molecule has 2 aromatic heterocycles. The minimum Gasteiger partial charge on any atom is -0.354 e. The third kappa shape index (κ3) is 6.00. The van der Waals surface area contributed by atoms with Gasteiger partial charge in [0.15, 0.2) is 0 Å². The number of likely N-dealkylation sites (tertiary alicyclic amines) is 1. The van der Waals surface area contributed by atoms with Gasteiger partial charge in [-0.3, -0.25) is 14.6 Å². The zero-order valence-electron chi connectivity index (χ0n) is 18.9. The third-order valence-electron chi connectivity index (χ3n) is 6.11. The summed E-state index contributed by atoms with van der Waals surface area (Å²) in [7, 11) is 1.59. The van der Waals surface area contributed by atoms with Gasteiger partial charge in [0.1, 0.15) is 12.0 Å². The van der Waals surface area contributed by atoms with E-state index in [2.05, 4.69) is 32.4 Å². The lowest BCUT2D eigenvalue weighted by Gasteiger charge is -2.21. The predicted octanol–water partition coefficient (Wildman–Crippen LogP) is 3.31. The van der Waals surface area contributed by atoms with Gasteiger partial charge >= 0.3 is 0 Å². The fourth-order valence-electron chi connectivity index (χ4n) is 4.33. The first-order valence-electron chi connectivity index (χ1n) is 11.4. The molecule has 0 aliphatic carbocycles. The normalized spacial score (nSPS) is 16.2. The number of hydrogen-bond donors (Lipinski definition) is 1. The van der Waals surface area contributed by atoms with Crippen LogP contribution in [0.5, 0.6) is 0 Å². The summed E-state index contributed by atoms with van der Waals surface area (Å²) in [4.78, 5) is 39.9. The summed E-state index contributed by atoms with van der Waals surface area (Å²) < 4.78 is 0. The fraction of sp³-hybridized carbons (Fsp3) is 0.346. The van der Waals surface area contributed by atoms with Crippen LogP contribution in [0.15, 0.2) is 61.1 Å². The van der Waals surface area contributed by atoms with E-state index in [4.69, 9.17) is 0 Å². The van der Waals surface area contributed by atoms with Crippen molar-refractivity contribution in [2.75, 3.05) is 20.1 Å². The SMILES string of the molecule is CNC(=O)c1cc(C[C@@H]2CCCN(C(=O)c3ccnc(Cc4ccccc4)c3)CC2)ncn1. The summed E-state index contributed by atoms with van der Waals surface area (Å²) >= 11 is 0. The molecule has 0 unspecified atom stereocenters. The summed E-state index contributed by atoms with van der Waals surface area (Å²) in [6.45, 7) is 1.46. The molecule has 33 heavy (non-hydrogen) atoms. The first kappa shape index (κ1) is 22.6. The summed E-state index contributed by atoms with van der Waals surface area (Å²) in [5.41, 5.74) is 4.03. The quantitative estimate of drug-likeness (QED) is 0.632. The number of nitrogens with zero attached hydrogens (tertiary/aromatic N) is 4. The van der Waals surface area contributed by atoms with Crippen molar-refractivity contribution in [3.63, 3.8) is 0 Å². The summed E-state index contributed by atoms with van der Waals surface area (Å²) in [6, 6.07) is 15.6. The van der Waals surface area contributed by atoms with E-state index in [-0.39, 0.29) is 11.8 Å². The van der Waals surface area contributed by atoms with Crippen LogP contribution in [0.3, 0.4) is 0 Å². The first-order valence-corrected chi connectivity index (χ1v) is 11.4. The van der Waals surface area contributed by atoms with Crippen LogP contribution < -0.4 is 5.32 Å². The molecule has 7 nitrogen and oxygen atoms in total. The predicted molar refractivity (Wildman–Crippen MR) is 126 cm³/mol. The molecule has 1 saturated heterocycles. The van der Waals surface area contributed by atoms with Gasteiger partial charge < -0.3 is 10.2 Å².